The molecule has 0 aromatic heterocycles. The SMILES string of the molecule is CN(C)CCC(NC(=O)CCC1CCNC1)C(C)(C)C.Cl.Cl. The Morgan fingerprint density at radius 2 is 1.95 bits per heavy atom. The van der Waals surface area contributed by atoms with Gasteiger partial charge in [-0.2, -0.15) is 0 Å². The highest BCUT2D eigenvalue weighted by Gasteiger charge is 2.26. The first-order valence-corrected chi connectivity index (χ1v) is 7.94. The number of carbonyl (C=O) groups is 1. The van der Waals surface area contributed by atoms with Crippen molar-refractivity contribution in [3.63, 3.8) is 0 Å². The van der Waals surface area contributed by atoms with Crippen molar-refractivity contribution < 1.29 is 4.79 Å². The van der Waals surface area contributed by atoms with E-state index in [0.717, 1.165) is 32.5 Å². The minimum Gasteiger partial charge on any atom is -0.353 e. The van der Waals surface area contributed by atoms with E-state index in [-0.39, 0.29) is 42.2 Å². The highest BCUT2D eigenvalue weighted by molar-refractivity contribution is 5.85. The second-order valence-corrected chi connectivity index (χ2v) is 7.48. The van der Waals surface area contributed by atoms with Crippen molar-refractivity contribution in [3.8, 4) is 0 Å². The molecule has 134 valence electrons. The molecule has 4 nitrogen and oxygen atoms in total. The number of hydrogen-bond donors (Lipinski definition) is 2. The van der Waals surface area contributed by atoms with Gasteiger partial charge in [0.25, 0.3) is 0 Å². The molecular formula is C16H35Cl2N3O. The highest BCUT2D eigenvalue weighted by Crippen LogP contribution is 2.22. The summed E-state index contributed by atoms with van der Waals surface area (Å²) in [6.45, 7) is 9.81. The number of nitrogens with one attached hydrogen (secondary N) is 2. The Bertz CT molecular complexity index is 300. The van der Waals surface area contributed by atoms with E-state index in [1.54, 1.807) is 0 Å². The molecule has 2 unspecified atom stereocenters. The fraction of sp³-hybridized carbons (Fsp3) is 0.938. The van der Waals surface area contributed by atoms with E-state index in [2.05, 4.69) is 50.4 Å². The Morgan fingerprint density at radius 1 is 1.32 bits per heavy atom. The number of halogens is 2. The molecule has 0 bridgehead atoms. The summed E-state index contributed by atoms with van der Waals surface area (Å²) in [5.41, 5.74) is 0.112. The molecule has 1 rings (SSSR count). The predicted octanol–water partition coefficient (Wildman–Crippen LogP) is 2.70. The van der Waals surface area contributed by atoms with Gasteiger partial charge in [0.05, 0.1) is 0 Å². The second kappa shape index (κ2) is 11.5. The quantitative estimate of drug-likeness (QED) is 0.737. The average Bonchev–Trinajstić information content (AvgIpc) is 2.83. The number of carbonyl (C=O) groups excluding carboxylic acids is 1. The van der Waals surface area contributed by atoms with Gasteiger partial charge in [0, 0.05) is 12.5 Å². The summed E-state index contributed by atoms with van der Waals surface area (Å²) in [5.74, 6) is 0.909. The average molecular weight is 356 g/mol. The van der Waals surface area contributed by atoms with Crippen molar-refractivity contribution in [2.45, 2.75) is 52.5 Å². The molecule has 1 aliphatic heterocycles. The van der Waals surface area contributed by atoms with E-state index in [9.17, 15) is 4.79 Å². The van der Waals surface area contributed by atoms with Crippen LogP contribution in [-0.2, 0) is 4.79 Å². The Hall–Kier alpha value is -0.0300. The van der Waals surface area contributed by atoms with Crippen LogP contribution >= 0.6 is 24.8 Å². The summed E-state index contributed by atoms with van der Waals surface area (Å²) in [6, 6.07) is 0.249. The van der Waals surface area contributed by atoms with Crippen molar-refractivity contribution in [1.29, 1.82) is 0 Å². The Balaban J connectivity index is 0. The fourth-order valence-corrected chi connectivity index (χ4v) is 2.67. The first-order valence-electron chi connectivity index (χ1n) is 7.94. The van der Waals surface area contributed by atoms with Crippen LogP contribution in [0.4, 0.5) is 0 Å². The maximum Gasteiger partial charge on any atom is 0.220 e. The van der Waals surface area contributed by atoms with Crippen molar-refractivity contribution in [2.24, 2.45) is 11.3 Å². The van der Waals surface area contributed by atoms with E-state index in [1.807, 2.05) is 0 Å². The molecule has 6 heteroatoms. The molecule has 1 fully saturated rings. The van der Waals surface area contributed by atoms with Gasteiger partial charge in [-0.25, -0.2) is 0 Å². The van der Waals surface area contributed by atoms with Gasteiger partial charge in [0.1, 0.15) is 0 Å². The first kappa shape index (κ1) is 24.2. The van der Waals surface area contributed by atoms with Crippen LogP contribution in [0.2, 0.25) is 0 Å². The van der Waals surface area contributed by atoms with E-state index in [4.69, 9.17) is 0 Å². The summed E-state index contributed by atoms with van der Waals surface area (Å²) in [7, 11) is 4.16. The molecule has 0 aliphatic carbocycles. The molecule has 0 radical (unpaired) electrons. The van der Waals surface area contributed by atoms with Crippen molar-refractivity contribution in [1.82, 2.24) is 15.5 Å². The summed E-state index contributed by atoms with van der Waals surface area (Å²) < 4.78 is 0. The third-order valence-corrected chi connectivity index (χ3v) is 4.19. The Labute approximate surface area is 149 Å². The van der Waals surface area contributed by atoms with Crippen LogP contribution in [0.25, 0.3) is 0 Å². The Morgan fingerprint density at radius 3 is 2.41 bits per heavy atom. The van der Waals surface area contributed by atoms with Crippen molar-refractivity contribution >= 4 is 30.7 Å². The van der Waals surface area contributed by atoms with E-state index in [1.165, 1.54) is 6.42 Å². The van der Waals surface area contributed by atoms with Crippen LogP contribution in [0.15, 0.2) is 0 Å². The van der Waals surface area contributed by atoms with Gasteiger partial charge >= 0.3 is 0 Å². The van der Waals surface area contributed by atoms with E-state index in [0.29, 0.717) is 12.3 Å². The molecule has 0 aromatic rings. The molecule has 2 atom stereocenters. The Kier molecular flexibility index (Phi) is 12.7. The fourth-order valence-electron chi connectivity index (χ4n) is 2.67. The smallest absolute Gasteiger partial charge is 0.220 e. The second-order valence-electron chi connectivity index (χ2n) is 7.48. The minimum atomic E-state index is 0. The molecule has 1 aliphatic rings. The molecule has 1 saturated heterocycles. The van der Waals surface area contributed by atoms with Gasteiger partial charge in [0.15, 0.2) is 0 Å². The lowest BCUT2D eigenvalue weighted by atomic mass is 9.84. The normalized spacial score (nSPS) is 19.3. The zero-order chi connectivity index (χ0) is 15.2. The molecule has 1 heterocycles. The van der Waals surface area contributed by atoms with Gasteiger partial charge in [-0.15, -0.1) is 24.8 Å². The lowest BCUT2D eigenvalue weighted by Crippen LogP contribution is -2.45. The maximum absolute atomic E-state index is 12.2. The molecule has 2 N–H and O–H groups in total. The standard InChI is InChI=1S/C16H33N3O.2ClH/c1-16(2,3)14(9-11-19(4)5)18-15(20)7-6-13-8-10-17-12-13;;/h13-14,17H,6-12H2,1-5H3,(H,18,20);2*1H. The van der Waals surface area contributed by atoms with Crippen LogP contribution < -0.4 is 10.6 Å². The van der Waals surface area contributed by atoms with Crippen LogP contribution in [0.3, 0.4) is 0 Å². The van der Waals surface area contributed by atoms with Gasteiger partial charge in [-0.05, 0) is 64.3 Å². The maximum atomic E-state index is 12.2. The molecule has 0 aromatic carbocycles. The topological polar surface area (TPSA) is 44.4 Å². The molecule has 0 spiro atoms. The minimum absolute atomic E-state index is 0. The molecule has 1 amide bonds. The number of rotatable bonds is 7. The zero-order valence-electron chi connectivity index (χ0n) is 14.8. The summed E-state index contributed by atoms with van der Waals surface area (Å²) in [5, 5.41) is 6.61. The monoisotopic (exact) mass is 355 g/mol. The van der Waals surface area contributed by atoms with Crippen LogP contribution in [0, 0.1) is 11.3 Å². The largest absolute Gasteiger partial charge is 0.353 e. The van der Waals surface area contributed by atoms with Crippen LogP contribution in [-0.4, -0.2) is 50.6 Å². The van der Waals surface area contributed by atoms with Crippen molar-refractivity contribution in [2.75, 3.05) is 33.7 Å². The van der Waals surface area contributed by atoms with Gasteiger partial charge < -0.3 is 15.5 Å². The number of hydrogen-bond acceptors (Lipinski definition) is 3. The lowest BCUT2D eigenvalue weighted by molar-refractivity contribution is -0.122. The summed E-state index contributed by atoms with van der Waals surface area (Å²) in [4.78, 5) is 14.3. The predicted molar refractivity (Wildman–Crippen MR) is 99.3 cm³/mol. The van der Waals surface area contributed by atoms with E-state index < -0.39 is 0 Å². The lowest BCUT2D eigenvalue weighted by Gasteiger charge is -2.32. The molecule has 22 heavy (non-hydrogen) atoms. The first-order chi connectivity index (χ1) is 9.29. The molecular weight excluding hydrogens is 321 g/mol. The van der Waals surface area contributed by atoms with Gasteiger partial charge in [-0.1, -0.05) is 20.8 Å². The highest BCUT2D eigenvalue weighted by atomic mass is 35.5. The summed E-state index contributed by atoms with van der Waals surface area (Å²) >= 11 is 0. The third-order valence-electron chi connectivity index (χ3n) is 4.19. The van der Waals surface area contributed by atoms with E-state index >= 15 is 0 Å². The zero-order valence-corrected chi connectivity index (χ0v) is 16.4. The molecule has 0 saturated carbocycles. The third kappa shape index (κ3) is 9.88. The van der Waals surface area contributed by atoms with Crippen LogP contribution in [0.5, 0.6) is 0 Å². The van der Waals surface area contributed by atoms with Gasteiger partial charge in [0.2, 0.25) is 5.91 Å². The van der Waals surface area contributed by atoms with Crippen molar-refractivity contribution in [3.05, 3.63) is 0 Å². The summed E-state index contributed by atoms with van der Waals surface area (Å²) in [6.07, 6.45) is 3.91. The number of nitrogens with zero attached hydrogens (tertiary/aromatic N) is 1. The van der Waals surface area contributed by atoms with Gasteiger partial charge in [-0.3, -0.25) is 4.79 Å². The number of amides is 1. The van der Waals surface area contributed by atoms with Crippen LogP contribution in [0.1, 0.15) is 46.5 Å².